The van der Waals surface area contributed by atoms with Gasteiger partial charge in [-0.05, 0) is 130 Å². The zero-order chi connectivity index (χ0) is 45.5. The fourth-order valence-electron chi connectivity index (χ4n) is 13.3. The number of benzene rings is 10. The van der Waals surface area contributed by atoms with Crippen molar-refractivity contribution in [3.63, 3.8) is 0 Å². The van der Waals surface area contributed by atoms with Gasteiger partial charge in [-0.1, -0.05) is 222 Å². The van der Waals surface area contributed by atoms with Crippen molar-refractivity contribution in [1.29, 1.82) is 0 Å². The quantitative estimate of drug-likeness (QED) is 0.167. The average Bonchev–Trinajstić information content (AvgIpc) is 4.02. The first-order chi connectivity index (χ1) is 33.3. The Kier molecular flexibility index (Phi) is 8.08. The average molecular weight is 868 g/mol. The number of rotatable bonds is 5. The molecule has 14 rings (SSSR count). The molecule has 0 aromatic heterocycles. The lowest BCUT2D eigenvalue weighted by Crippen LogP contribution is -2.26. The third-order valence-electron chi connectivity index (χ3n) is 16.3. The summed E-state index contributed by atoms with van der Waals surface area (Å²) in [6.07, 6.45) is 0. The molecule has 0 saturated carbocycles. The molecule has 0 heterocycles. The Morgan fingerprint density at radius 1 is 0.265 bits per heavy atom. The van der Waals surface area contributed by atoms with Gasteiger partial charge < -0.3 is 4.90 Å². The molecule has 0 amide bonds. The second-order valence-corrected chi connectivity index (χ2v) is 20.3. The van der Waals surface area contributed by atoms with Crippen LogP contribution in [0.2, 0.25) is 0 Å². The maximum atomic E-state index is 2.56. The van der Waals surface area contributed by atoms with Crippen molar-refractivity contribution in [2.75, 3.05) is 4.90 Å². The highest BCUT2D eigenvalue weighted by Gasteiger charge is 2.52. The van der Waals surface area contributed by atoms with Gasteiger partial charge in [0, 0.05) is 27.6 Å². The van der Waals surface area contributed by atoms with Crippen LogP contribution in [0.4, 0.5) is 17.1 Å². The van der Waals surface area contributed by atoms with Gasteiger partial charge >= 0.3 is 0 Å². The Hall–Kier alpha value is -8.00. The van der Waals surface area contributed by atoms with Crippen molar-refractivity contribution < 1.29 is 0 Å². The second-order valence-electron chi connectivity index (χ2n) is 20.3. The van der Waals surface area contributed by atoms with Crippen molar-refractivity contribution in [2.24, 2.45) is 0 Å². The molecular weight excluding hydrogens is 819 g/mol. The summed E-state index contributed by atoms with van der Waals surface area (Å²) in [5.41, 5.74) is 29.1. The summed E-state index contributed by atoms with van der Waals surface area (Å²) in [5, 5.41) is 0. The highest BCUT2D eigenvalue weighted by atomic mass is 15.1. The van der Waals surface area contributed by atoms with E-state index in [0.717, 1.165) is 11.4 Å². The van der Waals surface area contributed by atoms with Crippen molar-refractivity contribution in [2.45, 2.75) is 43.9 Å². The first-order valence-corrected chi connectivity index (χ1v) is 24.2. The summed E-state index contributed by atoms with van der Waals surface area (Å²) >= 11 is 0. The zero-order valence-corrected chi connectivity index (χ0v) is 38.8. The highest BCUT2D eigenvalue weighted by molar-refractivity contribution is 6.04. The van der Waals surface area contributed by atoms with Crippen molar-refractivity contribution in [1.82, 2.24) is 0 Å². The Labute approximate surface area is 399 Å². The Morgan fingerprint density at radius 3 is 1.34 bits per heavy atom. The third kappa shape index (κ3) is 5.06. The first kappa shape index (κ1) is 39.2. The normalized spacial score (nSPS) is 15.1. The molecule has 1 nitrogen and oxygen atoms in total. The summed E-state index contributed by atoms with van der Waals surface area (Å²) < 4.78 is 0. The van der Waals surface area contributed by atoms with E-state index in [4.69, 9.17) is 0 Å². The van der Waals surface area contributed by atoms with Gasteiger partial charge in [0.25, 0.3) is 0 Å². The fraction of sp³-hybridized carbons (Fsp3) is 0.104. The second kappa shape index (κ2) is 14.0. The van der Waals surface area contributed by atoms with E-state index in [-0.39, 0.29) is 10.8 Å². The SMILES string of the molecule is CC1(C)c2ccccc2-c2ccc(-c3ccc(N(c4ccccc4-c4cccc5c4-c4ccccc4C5(C)C)c4cccc5c4-c4ccccc4C54c5ccccc5-c5ccccc54)cc3)cc21. The van der Waals surface area contributed by atoms with E-state index in [2.05, 4.69) is 257 Å². The maximum Gasteiger partial charge on any atom is 0.0726 e. The monoisotopic (exact) mass is 867 g/mol. The molecule has 0 unspecified atom stereocenters. The fourth-order valence-corrected chi connectivity index (χ4v) is 13.3. The van der Waals surface area contributed by atoms with Crippen LogP contribution >= 0.6 is 0 Å². The molecule has 0 N–H and O–H groups in total. The number of nitrogens with zero attached hydrogens (tertiary/aromatic N) is 1. The zero-order valence-electron chi connectivity index (χ0n) is 38.8. The lowest BCUT2D eigenvalue weighted by molar-refractivity contribution is 0.660. The topological polar surface area (TPSA) is 3.24 Å². The summed E-state index contributed by atoms with van der Waals surface area (Å²) in [7, 11) is 0. The van der Waals surface area contributed by atoms with E-state index < -0.39 is 5.41 Å². The minimum atomic E-state index is -0.458. The minimum Gasteiger partial charge on any atom is -0.309 e. The molecule has 0 fully saturated rings. The van der Waals surface area contributed by atoms with Gasteiger partial charge in [0.1, 0.15) is 0 Å². The molecule has 0 saturated heterocycles. The largest absolute Gasteiger partial charge is 0.309 e. The van der Waals surface area contributed by atoms with Crippen LogP contribution in [0, 0.1) is 0 Å². The van der Waals surface area contributed by atoms with Gasteiger partial charge in [-0.25, -0.2) is 0 Å². The Morgan fingerprint density at radius 2 is 0.676 bits per heavy atom. The van der Waals surface area contributed by atoms with Crippen LogP contribution in [0.5, 0.6) is 0 Å². The van der Waals surface area contributed by atoms with Gasteiger partial charge in [-0.3, -0.25) is 0 Å². The molecule has 0 aliphatic heterocycles. The van der Waals surface area contributed by atoms with Crippen LogP contribution in [0.15, 0.2) is 224 Å². The molecule has 4 aliphatic rings. The first-order valence-electron chi connectivity index (χ1n) is 24.2. The van der Waals surface area contributed by atoms with Gasteiger partial charge in [0.05, 0.1) is 16.8 Å². The summed E-state index contributed by atoms with van der Waals surface area (Å²) in [5.74, 6) is 0. The number of anilines is 3. The summed E-state index contributed by atoms with van der Waals surface area (Å²) in [6, 6.07) is 84.9. The lowest BCUT2D eigenvalue weighted by atomic mass is 9.70. The molecule has 1 spiro atoms. The summed E-state index contributed by atoms with van der Waals surface area (Å²) in [4.78, 5) is 2.56. The number of fused-ring (bicyclic) bond motifs is 16. The van der Waals surface area contributed by atoms with E-state index >= 15 is 0 Å². The number of para-hydroxylation sites is 1. The molecule has 322 valence electrons. The Balaban J connectivity index is 1.01. The number of hydrogen-bond acceptors (Lipinski definition) is 1. The van der Waals surface area contributed by atoms with E-state index in [9.17, 15) is 0 Å². The number of hydrogen-bond donors (Lipinski definition) is 0. The van der Waals surface area contributed by atoms with Crippen LogP contribution in [0.1, 0.15) is 72.2 Å². The highest BCUT2D eigenvalue weighted by Crippen LogP contribution is 2.65. The van der Waals surface area contributed by atoms with Crippen molar-refractivity contribution in [3.8, 4) is 66.8 Å². The molecule has 1 heteroatoms. The molecule has 10 aromatic carbocycles. The third-order valence-corrected chi connectivity index (χ3v) is 16.3. The predicted octanol–water partition coefficient (Wildman–Crippen LogP) is 17.4. The van der Waals surface area contributed by atoms with Gasteiger partial charge in [0.15, 0.2) is 0 Å². The van der Waals surface area contributed by atoms with E-state index in [1.54, 1.807) is 0 Å². The molecule has 4 aliphatic carbocycles. The van der Waals surface area contributed by atoms with Crippen LogP contribution in [0.25, 0.3) is 66.8 Å². The van der Waals surface area contributed by atoms with Crippen LogP contribution in [-0.4, -0.2) is 0 Å². The van der Waals surface area contributed by atoms with Gasteiger partial charge in [0.2, 0.25) is 0 Å². The van der Waals surface area contributed by atoms with E-state index in [0.29, 0.717) is 0 Å². The predicted molar refractivity (Wildman–Crippen MR) is 283 cm³/mol. The van der Waals surface area contributed by atoms with E-state index in [1.165, 1.54) is 117 Å². The minimum absolute atomic E-state index is 0.0720. The van der Waals surface area contributed by atoms with Crippen LogP contribution in [-0.2, 0) is 16.2 Å². The standard InChI is InChI=1S/C67H49N/c1-65(2)54-27-12-8-23-51(54)63-50(25-17-31-58(63)65)49-22-10-16-33-61(49)68(44-38-35-42(36-39-44)43-37-40-48-45-19-5-11-26-53(45)66(3,4)60(48)41-43)62-34-18-32-59-64(62)52-24-9-15-30-57(52)67(59)55-28-13-6-20-46(55)47-21-7-14-29-56(47)67/h5-41H,1-4H3. The van der Waals surface area contributed by atoms with Gasteiger partial charge in [-0.15, -0.1) is 0 Å². The van der Waals surface area contributed by atoms with E-state index in [1.807, 2.05) is 0 Å². The summed E-state index contributed by atoms with van der Waals surface area (Å²) in [6.45, 7) is 9.49. The van der Waals surface area contributed by atoms with Crippen LogP contribution < -0.4 is 4.90 Å². The van der Waals surface area contributed by atoms with Gasteiger partial charge in [-0.2, -0.15) is 0 Å². The lowest BCUT2D eigenvalue weighted by Gasteiger charge is -2.32. The molecule has 0 radical (unpaired) electrons. The molecule has 68 heavy (non-hydrogen) atoms. The maximum absolute atomic E-state index is 2.56. The van der Waals surface area contributed by atoms with Crippen LogP contribution in [0.3, 0.4) is 0 Å². The molecule has 0 bridgehead atoms. The van der Waals surface area contributed by atoms with Crippen molar-refractivity contribution >= 4 is 17.1 Å². The molecule has 10 aromatic rings. The van der Waals surface area contributed by atoms with Crippen molar-refractivity contribution in [3.05, 3.63) is 269 Å². The molecule has 0 atom stereocenters. The molecular formula is C67H49N. The smallest absolute Gasteiger partial charge is 0.0726 e. The Bertz CT molecular complexity index is 3700.